The molecule has 1 atom stereocenters. The standard InChI is InChI=1S/C23H26N2O2.ClH/c24-22(17-26)23(27)25-13-11-20(12-14-25)16-21-8-4-7-19(15-21)10-9-18-5-2-1-3-6-18;/h1-8,15,20,22,26H,11-14,16-17,24H2;1H. The number of amides is 1. The van der Waals surface area contributed by atoms with Gasteiger partial charge in [0, 0.05) is 24.2 Å². The van der Waals surface area contributed by atoms with Crippen molar-refractivity contribution in [1.82, 2.24) is 4.90 Å². The van der Waals surface area contributed by atoms with Crippen molar-refractivity contribution < 1.29 is 9.90 Å². The van der Waals surface area contributed by atoms with Gasteiger partial charge in [0.1, 0.15) is 6.04 Å². The Balaban J connectivity index is 0.00000280. The summed E-state index contributed by atoms with van der Waals surface area (Å²) in [6.45, 7) is 1.13. The molecule has 1 aliphatic heterocycles. The predicted molar refractivity (Wildman–Crippen MR) is 114 cm³/mol. The molecule has 28 heavy (non-hydrogen) atoms. The van der Waals surface area contributed by atoms with Gasteiger partial charge in [-0.1, -0.05) is 42.2 Å². The fourth-order valence-corrected chi connectivity index (χ4v) is 3.45. The van der Waals surface area contributed by atoms with E-state index >= 15 is 0 Å². The molecule has 4 nitrogen and oxygen atoms in total. The third-order valence-corrected chi connectivity index (χ3v) is 5.02. The lowest BCUT2D eigenvalue weighted by molar-refractivity contribution is -0.134. The van der Waals surface area contributed by atoms with Crippen LogP contribution < -0.4 is 5.73 Å². The van der Waals surface area contributed by atoms with Crippen molar-refractivity contribution >= 4 is 18.3 Å². The maximum Gasteiger partial charge on any atom is 0.241 e. The van der Waals surface area contributed by atoms with E-state index in [1.807, 2.05) is 36.4 Å². The fraction of sp³-hybridized carbons (Fsp3) is 0.348. The zero-order valence-corrected chi connectivity index (χ0v) is 16.7. The van der Waals surface area contributed by atoms with Crippen LogP contribution in [0.4, 0.5) is 0 Å². The molecule has 0 bridgehead atoms. The minimum atomic E-state index is -0.790. The van der Waals surface area contributed by atoms with Gasteiger partial charge in [0.2, 0.25) is 5.91 Å². The highest BCUT2D eigenvalue weighted by molar-refractivity contribution is 5.85. The van der Waals surface area contributed by atoms with Gasteiger partial charge in [0.15, 0.2) is 0 Å². The molecular formula is C23H27ClN2O2. The van der Waals surface area contributed by atoms with E-state index in [-0.39, 0.29) is 24.9 Å². The van der Waals surface area contributed by atoms with Crippen LogP contribution in [0.25, 0.3) is 0 Å². The van der Waals surface area contributed by atoms with Gasteiger partial charge in [-0.3, -0.25) is 4.79 Å². The zero-order chi connectivity index (χ0) is 19.1. The first-order valence-corrected chi connectivity index (χ1v) is 9.47. The molecule has 1 unspecified atom stereocenters. The van der Waals surface area contributed by atoms with Crippen LogP contribution in [0, 0.1) is 17.8 Å². The summed E-state index contributed by atoms with van der Waals surface area (Å²) in [5.74, 6) is 6.85. The average Bonchev–Trinajstić information content (AvgIpc) is 2.73. The summed E-state index contributed by atoms with van der Waals surface area (Å²) < 4.78 is 0. The molecule has 3 rings (SSSR count). The maximum atomic E-state index is 12.1. The second kappa shape index (κ2) is 10.9. The number of hydrogen-bond donors (Lipinski definition) is 2. The SMILES string of the molecule is Cl.NC(CO)C(=O)N1CCC(Cc2cccc(C#Cc3ccccc3)c2)CC1. The Morgan fingerprint density at radius 2 is 1.71 bits per heavy atom. The molecule has 2 aromatic rings. The summed E-state index contributed by atoms with van der Waals surface area (Å²) in [7, 11) is 0. The predicted octanol–water partition coefficient (Wildman–Crippen LogP) is 2.61. The molecule has 1 amide bonds. The van der Waals surface area contributed by atoms with E-state index in [0.29, 0.717) is 19.0 Å². The number of benzene rings is 2. The van der Waals surface area contributed by atoms with Crippen LogP contribution in [-0.2, 0) is 11.2 Å². The number of hydrogen-bond acceptors (Lipinski definition) is 3. The second-order valence-corrected chi connectivity index (χ2v) is 7.08. The first-order chi connectivity index (χ1) is 13.2. The molecule has 0 radical (unpaired) electrons. The lowest BCUT2D eigenvalue weighted by Gasteiger charge is -2.33. The molecule has 0 saturated carbocycles. The van der Waals surface area contributed by atoms with E-state index in [1.54, 1.807) is 4.90 Å². The van der Waals surface area contributed by atoms with Crippen LogP contribution in [0.1, 0.15) is 29.5 Å². The van der Waals surface area contributed by atoms with Crippen molar-refractivity contribution in [3.63, 3.8) is 0 Å². The summed E-state index contributed by atoms with van der Waals surface area (Å²) in [5.41, 5.74) is 8.96. The summed E-state index contributed by atoms with van der Waals surface area (Å²) in [5, 5.41) is 9.04. The summed E-state index contributed by atoms with van der Waals surface area (Å²) in [6.07, 6.45) is 2.92. The molecule has 3 N–H and O–H groups in total. The van der Waals surface area contributed by atoms with Gasteiger partial charge in [0.05, 0.1) is 6.61 Å². The van der Waals surface area contributed by atoms with E-state index in [1.165, 1.54) is 5.56 Å². The summed E-state index contributed by atoms with van der Waals surface area (Å²) >= 11 is 0. The van der Waals surface area contributed by atoms with Gasteiger partial charge >= 0.3 is 0 Å². The first kappa shape index (κ1) is 22.0. The number of aliphatic hydroxyl groups is 1. The van der Waals surface area contributed by atoms with Crippen LogP contribution in [0.2, 0.25) is 0 Å². The van der Waals surface area contributed by atoms with Crippen LogP contribution in [0.3, 0.4) is 0 Å². The van der Waals surface area contributed by atoms with Crippen LogP contribution in [0.5, 0.6) is 0 Å². The second-order valence-electron chi connectivity index (χ2n) is 7.08. The largest absolute Gasteiger partial charge is 0.394 e. The number of nitrogens with two attached hydrogens (primary N) is 1. The maximum absolute atomic E-state index is 12.1. The van der Waals surface area contributed by atoms with Crippen molar-refractivity contribution in [1.29, 1.82) is 0 Å². The Morgan fingerprint density at radius 1 is 1.07 bits per heavy atom. The number of piperidine rings is 1. The number of nitrogens with zero attached hydrogens (tertiary/aromatic N) is 1. The molecule has 1 heterocycles. The van der Waals surface area contributed by atoms with Gasteiger partial charge in [-0.15, -0.1) is 12.4 Å². The smallest absolute Gasteiger partial charge is 0.241 e. The Morgan fingerprint density at radius 3 is 2.39 bits per heavy atom. The molecule has 148 valence electrons. The van der Waals surface area contributed by atoms with Crippen molar-refractivity contribution in [3.8, 4) is 11.8 Å². The number of aliphatic hydroxyl groups excluding tert-OH is 1. The van der Waals surface area contributed by atoms with Crippen LogP contribution in [0.15, 0.2) is 54.6 Å². The normalized spacial score (nSPS) is 15.1. The van der Waals surface area contributed by atoms with E-state index in [9.17, 15) is 4.79 Å². The van der Waals surface area contributed by atoms with Crippen molar-refractivity contribution in [2.45, 2.75) is 25.3 Å². The Hall–Kier alpha value is -2.32. The van der Waals surface area contributed by atoms with Gasteiger partial charge in [0.25, 0.3) is 0 Å². The molecule has 0 aromatic heterocycles. The van der Waals surface area contributed by atoms with Crippen molar-refractivity contribution in [2.24, 2.45) is 11.7 Å². The lowest BCUT2D eigenvalue weighted by Crippen LogP contribution is -2.48. The molecule has 1 saturated heterocycles. The Labute approximate surface area is 173 Å². The molecular weight excluding hydrogens is 372 g/mol. The highest BCUT2D eigenvalue weighted by Gasteiger charge is 2.25. The van der Waals surface area contributed by atoms with E-state index in [2.05, 4.69) is 30.0 Å². The number of rotatable bonds is 4. The molecule has 1 aliphatic rings. The molecule has 2 aromatic carbocycles. The van der Waals surface area contributed by atoms with Crippen LogP contribution >= 0.6 is 12.4 Å². The zero-order valence-electron chi connectivity index (χ0n) is 15.9. The molecule has 1 fully saturated rings. The van der Waals surface area contributed by atoms with Crippen molar-refractivity contribution in [3.05, 3.63) is 71.3 Å². The fourth-order valence-electron chi connectivity index (χ4n) is 3.45. The Kier molecular flexibility index (Phi) is 8.53. The molecule has 0 spiro atoms. The quantitative estimate of drug-likeness (QED) is 0.778. The number of carbonyl (C=O) groups excluding carboxylic acids is 1. The summed E-state index contributed by atoms with van der Waals surface area (Å²) in [4.78, 5) is 13.8. The highest BCUT2D eigenvalue weighted by atomic mass is 35.5. The minimum Gasteiger partial charge on any atom is -0.394 e. The lowest BCUT2D eigenvalue weighted by atomic mass is 9.89. The van der Waals surface area contributed by atoms with Crippen molar-refractivity contribution in [2.75, 3.05) is 19.7 Å². The van der Waals surface area contributed by atoms with E-state index in [4.69, 9.17) is 10.8 Å². The van der Waals surface area contributed by atoms with Gasteiger partial charge in [-0.05, 0) is 55.0 Å². The average molecular weight is 399 g/mol. The number of carbonyl (C=O) groups is 1. The van der Waals surface area contributed by atoms with E-state index in [0.717, 1.165) is 30.4 Å². The topological polar surface area (TPSA) is 66.6 Å². The van der Waals surface area contributed by atoms with Gasteiger partial charge in [-0.2, -0.15) is 0 Å². The third-order valence-electron chi connectivity index (χ3n) is 5.02. The minimum absolute atomic E-state index is 0. The highest BCUT2D eigenvalue weighted by Crippen LogP contribution is 2.22. The monoisotopic (exact) mass is 398 g/mol. The van der Waals surface area contributed by atoms with Gasteiger partial charge in [-0.25, -0.2) is 0 Å². The molecule has 0 aliphatic carbocycles. The third kappa shape index (κ3) is 6.10. The number of halogens is 1. The van der Waals surface area contributed by atoms with E-state index < -0.39 is 6.04 Å². The van der Waals surface area contributed by atoms with Gasteiger partial charge < -0.3 is 15.7 Å². The summed E-state index contributed by atoms with van der Waals surface area (Å²) in [6, 6.07) is 17.6. The van der Waals surface area contributed by atoms with Crippen LogP contribution in [-0.4, -0.2) is 41.7 Å². The Bertz CT molecular complexity index is 821. The first-order valence-electron chi connectivity index (χ1n) is 9.47. The molecule has 5 heteroatoms. The number of likely N-dealkylation sites (tertiary alicyclic amines) is 1.